The number of hydrogen-bond donors (Lipinski definition) is 1. The number of benzene rings is 2. The van der Waals surface area contributed by atoms with Crippen molar-refractivity contribution in [1.82, 2.24) is 0 Å². The van der Waals surface area contributed by atoms with Crippen molar-refractivity contribution in [3.8, 4) is 0 Å². The second-order valence-electron chi connectivity index (χ2n) is 5.10. The van der Waals surface area contributed by atoms with Crippen LogP contribution in [0.2, 0.25) is 0 Å². The Bertz CT molecular complexity index is 525. The van der Waals surface area contributed by atoms with Crippen LogP contribution < -0.4 is 5.73 Å². The molecular formula is C18H23N. The van der Waals surface area contributed by atoms with Gasteiger partial charge in [0.15, 0.2) is 0 Å². The van der Waals surface area contributed by atoms with Crippen LogP contribution in [0.5, 0.6) is 0 Å². The summed E-state index contributed by atoms with van der Waals surface area (Å²) in [5.74, 6) is 0. The zero-order valence-corrected chi connectivity index (χ0v) is 11.5. The molecule has 2 aromatic carbocycles. The van der Waals surface area contributed by atoms with Gasteiger partial charge < -0.3 is 5.73 Å². The second kappa shape index (κ2) is 7.10. The number of allylic oxidation sites excluding steroid dienone is 1. The van der Waals surface area contributed by atoms with Gasteiger partial charge in [-0.05, 0) is 35.6 Å². The van der Waals surface area contributed by atoms with Gasteiger partial charge in [0.1, 0.15) is 0 Å². The SMILES string of the molecule is C=CCCCCCC(N)c1cccc2ccccc12. The van der Waals surface area contributed by atoms with E-state index in [2.05, 4.69) is 49.0 Å². The van der Waals surface area contributed by atoms with E-state index in [1.54, 1.807) is 0 Å². The van der Waals surface area contributed by atoms with Crippen LogP contribution in [0.25, 0.3) is 10.8 Å². The fraction of sp³-hybridized carbons (Fsp3) is 0.333. The summed E-state index contributed by atoms with van der Waals surface area (Å²) in [5.41, 5.74) is 7.64. The fourth-order valence-corrected chi connectivity index (χ4v) is 2.56. The molecule has 1 nitrogen and oxygen atoms in total. The quantitative estimate of drug-likeness (QED) is 0.547. The van der Waals surface area contributed by atoms with E-state index in [4.69, 9.17) is 5.73 Å². The molecule has 19 heavy (non-hydrogen) atoms. The van der Waals surface area contributed by atoms with Crippen LogP contribution >= 0.6 is 0 Å². The lowest BCUT2D eigenvalue weighted by atomic mass is 9.95. The minimum absolute atomic E-state index is 0.148. The molecule has 0 aliphatic carbocycles. The Kier molecular flexibility index (Phi) is 5.17. The normalized spacial score (nSPS) is 12.5. The standard InChI is InChI=1S/C18H23N/c1-2-3-4-5-6-14-18(19)17-13-9-11-15-10-7-8-12-16(15)17/h2,7-13,18H,1,3-6,14,19H2. The summed E-state index contributed by atoms with van der Waals surface area (Å²) in [6, 6.07) is 15.0. The fourth-order valence-electron chi connectivity index (χ4n) is 2.56. The molecule has 2 aromatic rings. The number of fused-ring (bicyclic) bond motifs is 1. The van der Waals surface area contributed by atoms with Crippen molar-refractivity contribution in [3.63, 3.8) is 0 Å². The van der Waals surface area contributed by atoms with Gasteiger partial charge in [-0.2, -0.15) is 0 Å². The lowest BCUT2D eigenvalue weighted by molar-refractivity contribution is 0.575. The van der Waals surface area contributed by atoms with Crippen LogP contribution in [0, 0.1) is 0 Å². The Morgan fingerprint density at radius 1 is 1.00 bits per heavy atom. The Morgan fingerprint density at radius 3 is 2.63 bits per heavy atom. The van der Waals surface area contributed by atoms with E-state index >= 15 is 0 Å². The van der Waals surface area contributed by atoms with E-state index in [1.165, 1.54) is 35.6 Å². The van der Waals surface area contributed by atoms with E-state index in [-0.39, 0.29) is 6.04 Å². The summed E-state index contributed by atoms with van der Waals surface area (Å²) in [6.07, 6.45) is 7.83. The zero-order valence-electron chi connectivity index (χ0n) is 11.5. The summed E-state index contributed by atoms with van der Waals surface area (Å²) in [5, 5.41) is 2.57. The molecule has 0 heterocycles. The predicted octanol–water partition coefficient (Wildman–Crippen LogP) is 4.98. The van der Waals surface area contributed by atoms with Gasteiger partial charge in [0.25, 0.3) is 0 Å². The molecule has 1 heteroatoms. The Morgan fingerprint density at radius 2 is 1.79 bits per heavy atom. The minimum atomic E-state index is 0.148. The zero-order chi connectivity index (χ0) is 13.5. The molecule has 100 valence electrons. The van der Waals surface area contributed by atoms with E-state index in [9.17, 15) is 0 Å². The average Bonchev–Trinajstić information content (AvgIpc) is 2.46. The maximum Gasteiger partial charge on any atom is 0.0301 e. The molecule has 0 aliphatic rings. The van der Waals surface area contributed by atoms with Crippen LogP contribution in [-0.2, 0) is 0 Å². The minimum Gasteiger partial charge on any atom is -0.324 e. The van der Waals surface area contributed by atoms with E-state index in [0.29, 0.717) is 0 Å². The third-order valence-corrected chi connectivity index (χ3v) is 3.65. The molecule has 1 atom stereocenters. The van der Waals surface area contributed by atoms with Crippen molar-refractivity contribution in [2.75, 3.05) is 0 Å². The van der Waals surface area contributed by atoms with Gasteiger partial charge in [0.05, 0.1) is 0 Å². The molecular weight excluding hydrogens is 230 g/mol. The maximum atomic E-state index is 6.36. The molecule has 2 rings (SSSR count). The van der Waals surface area contributed by atoms with Gasteiger partial charge in [-0.1, -0.05) is 61.4 Å². The third kappa shape index (κ3) is 3.68. The van der Waals surface area contributed by atoms with Crippen molar-refractivity contribution in [3.05, 3.63) is 60.7 Å². The monoisotopic (exact) mass is 253 g/mol. The van der Waals surface area contributed by atoms with Gasteiger partial charge in [-0.3, -0.25) is 0 Å². The molecule has 0 bridgehead atoms. The highest BCUT2D eigenvalue weighted by molar-refractivity contribution is 5.86. The molecule has 0 saturated carbocycles. The summed E-state index contributed by atoms with van der Waals surface area (Å²) >= 11 is 0. The predicted molar refractivity (Wildman–Crippen MR) is 84.2 cm³/mol. The highest BCUT2D eigenvalue weighted by atomic mass is 14.6. The Balaban J connectivity index is 2.01. The smallest absolute Gasteiger partial charge is 0.0301 e. The lowest BCUT2D eigenvalue weighted by Crippen LogP contribution is -2.10. The van der Waals surface area contributed by atoms with Crippen LogP contribution in [0.15, 0.2) is 55.1 Å². The molecule has 0 radical (unpaired) electrons. The highest BCUT2D eigenvalue weighted by Gasteiger charge is 2.08. The van der Waals surface area contributed by atoms with Crippen molar-refractivity contribution in [1.29, 1.82) is 0 Å². The van der Waals surface area contributed by atoms with Gasteiger partial charge in [0.2, 0.25) is 0 Å². The van der Waals surface area contributed by atoms with Crippen LogP contribution in [0.1, 0.15) is 43.7 Å². The van der Waals surface area contributed by atoms with Crippen LogP contribution in [-0.4, -0.2) is 0 Å². The molecule has 1 unspecified atom stereocenters. The van der Waals surface area contributed by atoms with Gasteiger partial charge in [-0.15, -0.1) is 6.58 Å². The molecule has 0 amide bonds. The summed E-state index contributed by atoms with van der Waals surface area (Å²) < 4.78 is 0. The molecule has 0 aromatic heterocycles. The van der Waals surface area contributed by atoms with Crippen molar-refractivity contribution < 1.29 is 0 Å². The number of hydrogen-bond acceptors (Lipinski definition) is 1. The molecule has 0 fully saturated rings. The first-order chi connectivity index (χ1) is 9.33. The Hall–Kier alpha value is -1.60. The van der Waals surface area contributed by atoms with E-state index < -0.39 is 0 Å². The third-order valence-electron chi connectivity index (χ3n) is 3.65. The number of rotatable bonds is 7. The van der Waals surface area contributed by atoms with Crippen molar-refractivity contribution in [2.24, 2.45) is 5.73 Å². The first-order valence-electron chi connectivity index (χ1n) is 7.17. The second-order valence-corrected chi connectivity index (χ2v) is 5.10. The van der Waals surface area contributed by atoms with Crippen LogP contribution in [0.4, 0.5) is 0 Å². The highest BCUT2D eigenvalue weighted by Crippen LogP contribution is 2.26. The number of nitrogens with two attached hydrogens (primary N) is 1. The van der Waals surface area contributed by atoms with E-state index in [0.717, 1.165) is 12.8 Å². The number of unbranched alkanes of at least 4 members (excludes halogenated alkanes) is 3. The first-order valence-corrected chi connectivity index (χ1v) is 7.17. The van der Waals surface area contributed by atoms with Gasteiger partial charge in [0, 0.05) is 6.04 Å². The summed E-state index contributed by atoms with van der Waals surface area (Å²) in [6.45, 7) is 3.75. The van der Waals surface area contributed by atoms with Crippen molar-refractivity contribution >= 4 is 10.8 Å². The molecule has 0 spiro atoms. The molecule has 0 saturated heterocycles. The molecule has 2 N–H and O–H groups in total. The maximum absolute atomic E-state index is 6.36. The first kappa shape index (κ1) is 13.8. The Labute approximate surface area is 116 Å². The van der Waals surface area contributed by atoms with Gasteiger partial charge >= 0.3 is 0 Å². The van der Waals surface area contributed by atoms with Crippen LogP contribution in [0.3, 0.4) is 0 Å². The largest absolute Gasteiger partial charge is 0.324 e. The van der Waals surface area contributed by atoms with Gasteiger partial charge in [-0.25, -0.2) is 0 Å². The van der Waals surface area contributed by atoms with E-state index in [1.807, 2.05) is 6.08 Å². The topological polar surface area (TPSA) is 26.0 Å². The molecule has 0 aliphatic heterocycles. The van der Waals surface area contributed by atoms with Crippen molar-refractivity contribution in [2.45, 2.75) is 38.1 Å². The lowest BCUT2D eigenvalue weighted by Gasteiger charge is -2.14. The summed E-state index contributed by atoms with van der Waals surface area (Å²) in [4.78, 5) is 0. The summed E-state index contributed by atoms with van der Waals surface area (Å²) in [7, 11) is 0. The average molecular weight is 253 g/mol.